The molecule has 6 heteroatoms. The predicted octanol–water partition coefficient (Wildman–Crippen LogP) is 2.95. The van der Waals surface area contributed by atoms with Crippen LogP contribution in [0.3, 0.4) is 0 Å². The zero-order valence-corrected chi connectivity index (χ0v) is 13.2. The number of thioether (sulfide) groups is 1. The molecule has 2 N–H and O–H groups in total. The van der Waals surface area contributed by atoms with Crippen molar-refractivity contribution in [2.45, 2.75) is 25.5 Å². The molecule has 114 valence electrons. The summed E-state index contributed by atoms with van der Waals surface area (Å²) in [6.45, 7) is 2.52. The molecule has 0 saturated heterocycles. The van der Waals surface area contributed by atoms with E-state index in [4.69, 9.17) is 15.0 Å². The van der Waals surface area contributed by atoms with Gasteiger partial charge in [-0.1, -0.05) is 35.5 Å². The normalized spacial score (nSPS) is 14.0. The Morgan fingerprint density at radius 3 is 2.76 bits per heavy atom. The van der Waals surface area contributed by atoms with Crippen LogP contribution in [0, 0.1) is 0 Å². The van der Waals surface area contributed by atoms with Crippen molar-refractivity contribution < 1.29 is 9.26 Å². The summed E-state index contributed by atoms with van der Waals surface area (Å²) in [5.74, 6) is 1.96. The van der Waals surface area contributed by atoms with Crippen LogP contribution in [0.1, 0.15) is 42.8 Å². The Balaban J connectivity index is 2.16. The lowest BCUT2D eigenvalue weighted by Gasteiger charge is -2.13. The lowest BCUT2D eigenvalue weighted by molar-refractivity contribution is 0.0833. The Hall–Kier alpha value is -1.37. The standard InChI is InChI=1S/C15H21N3O2S/c1-3-19-13(11-7-5-4-6-8-11)14-17-15(20-18-14)12(16)9-10-21-2/h4-8,12-13H,3,9-10,16H2,1-2H3/t12-,13?/m0/s1. The molecule has 5 nitrogen and oxygen atoms in total. The molecule has 0 fully saturated rings. The van der Waals surface area contributed by atoms with Gasteiger partial charge in [0.15, 0.2) is 0 Å². The molecule has 0 saturated carbocycles. The van der Waals surface area contributed by atoms with E-state index in [1.807, 2.05) is 43.5 Å². The van der Waals surface area contributed by atoms with Crippen LogP contribution in [0.15, 0.2) is 34.9 Å². The summed E-state index contributed by atoms with van der Waals surface area (Å²) in [6.07, 6.45) is 2.54. The Labute approximate surface area is 129 Å². The van der Waals surface area contributed by atoms with Crippen LogP contribution < -0.4 is 5.73 Å². The molecule has 0 bridgehead atoms. The van der Waals surface area contributed by atoms with E-state index >= 15 is 0 Å². The molecule has 2 atom stereocenters. The highest BCUT2D eigenvalue weighted by Gasteiger charge is 2.22. The highest BCUT2D eigenvalue weighted by atomic mass is 32.2. The second-order valence-electron chi connectivity index (χ2n) is 4.62. The van der Waals surface area contributed by atoms with Crippen molar-refractivity contribution in [3.05, 3.63) is 47.6 Å². The van der Waals surface area contributed by atoms with Gasteiger partial charge in [0.25, 0.3) is 0 Å². The number of hydrogen-bond acceptors (Lipinski definition) is 6. The fourth-order valence-corrected chi connectivity index (χ4v) is 2.48. The molecule has 0 spiro atoms. The van der Waals surface area contributed by atoms with Gasteiger partial charge in [0.2, 0.25) is 11.7 Å². The molecule has 21 heavy (non-hydrogen) atoms. The molecule has 0 aliphatic carbocycles. The zero-order chi connectivity index (χ0) is 15.1. The van der Waals surface area contributed by atoms with Gasteiger partial charge in [-0.2, -0.15) is 16.7 Å². The van der Waals surface area contributed by atoms with Crippen molar-refractivity contribution in [1.29, 1.82) is 0 Å². The third-order valence-corrected chi connectivity index (χ3v) is 3.72. The number of benzene rings is 1. The van der Waals surface area contributed by atoms with Crippen LogP contribution >= 0.6 is 11.8 Å². The zero-order valence-electron chi connectivity index (χ0n) is 12.4. The number of nitrogens with two attached hydrogens (primary N) is 1. The van der Waals surface area contributed by atoms with Crippen LogP contribution in [0.25, 0.3) is 0 Å². The van der Waals surface area contributed by atoms with Crippen molar-refractivity contribution in [2.75, 3.05) is 18.6 Å². The van der Waals surface area contributed by atoms with Crippen LogP contribution in [0.5, 0.6) is 0 Å². The molecule has 1 unspecified atom stereocenters. The average Bonchev–Trinajstić information content (AvgIpc) is 3.00. The first kappa shape index (κ1) is 16.0. The summed E-state index contributed by atoms with van der Waals surface area (Å²) < 4.78 is 11.1. The molecule has 0 amide bonds. The van der Waals surface area contributed by atoms with Crippen molar-refractivity contribution in [3.8, 4) is 0 Å². The number of ether oxygens (including phenoxy) is 1. The molecule has 0 aliphatic heterocycles. The van der Waals surface area contributed by atoms with E-state index in [-0.39, 0.29) is 12.1 Å². The molecular weight excluding hydrogens is 286 g/mol. The Morgan fingerprint density at radius 1 is 1.33 bits per heavy atom. The highest BCUT2D eigenvalue weighted by molar-refractivity contribution is 7.98. The molecular formula is C15H21N3O2S. The fourth-order valence-electron chi connectivity index (χ4n) is 1.99. The predicted molar refractivity (Wildman–Crippen MR) is 84.1 cm³/mol. The summed E-state index contributed by atoms with van der Waals surface area (Å²) in [6, 6.07) is 9.65. The van der Waals surface area contributed by atoms with Gasteiger partial charge < -0.3 is 15.0 Å². The summed E-state index contributed by atoms with van der Waals surface area (Å²) >= 11 is 1.75. The van der Waals surface area contributed by atoms with E-state index < -0.39 is 0 Å². The monoisotopic (exact) mass is 307 g/mol. The molecule has 1 heterocycles. The highest BCUT2D eigenvalue weighted by Crippen LogP contribution is 2.25. The lowest BCUT2D eigenvalue weighted by Crippen LogP contribution is -2.12. The van der Waals surface area contributed by atoms with Gasteiger partial charge in [-0.05, 0) is 30.9 Å². The molecule has 2 rings (SSSR count). The van der Waals surface area contributed by atoms with Crippen LogP contribution in [0.4, 0.5) is 0 Å². The molecule has 2 aromatic rings. The number of nitrogens with zero attached hydrogens (tertiary/aromatic N) is 2. The number of rotatable bonds is 8. The smallest absolute Gasteiger partial charge is 0.243 e. The summed E-state index contributed by atoms with van der Waals surface area (Å²) in [5, 5.41) is 4.04. The van der Waals surface area contributed by atoms with Crippen molar-refractivity contribution in [1.82, 2.24) is 10.1 Å². The van der Waals surface area contributed by atoms with Gasteiger partial charge in [0.1, 0.15) is 6.10 Å². The maximum absolute atomic E-state index is 6.06. The number of hydrogen-bond donors (Lipinski definition) is 1. The maximum Gasteiger partial charge on any atom is 0.243 e. The minimum atomic E-state index is -0.318. The third-order valence-electron chi connectivity index (χ3n) is 3.08. The second kappa shape index (κ2) is 8.17. The van der Waals surface area contributed by atoms with Crippen molar-refractivity contribution in [3.63, 3.8) is 0 Å². The average molecular weight is 307 g/mol. The van der Waals surface area contributed by atoms with E-state index in [1.165, 1.54) is 0 Å². The van der Waals surface area contributed by atoms with Crippen molar-refractivity contribution in [2.24, 2.45) is 5.73 Å². The quantitative estimate of drug-likeness (QED) is 0.808. The third kappa shape index (κ3) is 4.30. The minimum Gasteiger partial charge on any atom is -0.366 e. The minimum absolute atomic E-state index is 0.225. The van der Waals surface area contributed by atoms with Gasteiger partial charge in [-0.15, -0.1) is 0 Å². The SMILES string of the molecule is CCOC(c1ccccc1)c1noc([C@@H](N)CCSC)n1. The van der Waals surface area contributed by atoms with Crippen LogP contribution in [-0.4, -0.2) is 28.8 Å². The molecule has 0 aliphatic rings. The fraction of sp³-hybridized carbons (Fsp3) is 0.467. The van der Waals surface area contributed by atoms with Crippen molar-refractivity contribution >= 4 is 11.8 Å². The lowest BCUT2D eigenvalue weighted by atomic mass is 10.1. The topological polar surface area (TPSA) is 74.2 Å². The van der Waals surface area contributed by atoms with E-state index in [1.54, 1.807) is 11.8 Å². The largest absolute Gasteiger partial charge is 0.366 e. The summed E-state index contributed by atoms with van der Waals surface area (Å²) in [7, 11) is 0. The van der Waals surface area contributed by atoms with E-state index in [0.29, 0.717) is 18.3 Å². The molecule has 1 aromatic heterocycles. The van der Waals surface area contributed by atoms with Gasteiger partial charge in [-0.3, -0.25) is 0 Å². The first-order valence-electron chi connectivity index (χ1n) is 7.00. The molecule has 0 radical (unpaired) electrons. The Bertz CT molecular complexity index is 533. The first-order chi connectivity index (χ1) is 10.3. The summed E-state index contributed by atoms with van der Waals surface area (Å²) in [5.41, 5.74) is 7.06. The molecule has 1 aromatic carbocycles. The summed E-state index contributed by atoms with van der Waals surface area (Å²) in [4.78, 5) is 4.42. The Kier molecular flexibility index (Phi) is 6.22. The first-order valence-corrected chi connectivity index (χ1v) is 8.40. The van der Waals surface area contributed by atoms with E-state index in [9.17, 15) is 0 Å². The van der Waals surface area contributed by atoms with E-state index in [0.717, 1.165) is 17.7 Å². The maximum atomic E-state index is 6.06. The Morgan fingerprint density at radius 2 is 2.10 bits per heavy atom. The van der Waals surface area contributed by atoms with Crippen LogP contribution in [0.2, 0.25) is 0 Å². The van der Waals surface area contributed by atoms with Gasteiger partial charge >= 0.3 is 0 Å². The van der Waals surface area contributed by atoms with Gasteiger partial charge in [-0.25, -0.2) is 0 Å². The van der Waals surface area contributed by atoms with Gasteiger partial charge in [0, 0.05) is 6.61 Å². The number of aromatic nitrogens is 2. The van der Waals surface area contributed by atoms with E-state index in [2.05, 4.69) is 10.1 Å². The van der Waals surface area contributed by atoms with Crippen LogP contribution in [-0.2, 0) is 4.74 Å². The van der Waals surface area contributed by atoms with Gasteiger partial charge in [0.05, 0.1) is 6.04 Å². The second-order valence-corrected chi connectivity index (χ2v) is 5.61.